The van der Waals surface area contributed by atoms with Gasteiger partial charge in [-0.3, -0.25) is 9.59 Å². The van der Waals surface area contributed by atoms with Crippen LogP contribution in [0.25, 0.3) is 10.9 Å². The molecule has 1 saturated heterocycles. The standard InChI is InChI=1S/C25H29N3O6S/c1-4-28(17(2)18-6-5-7-19(14-18)33-3)25(30)22-16-24(29)26-23-9-8-20(15-21(22)23)35(31,32)27-10-12-34-13-11-27/h5-9,14-17H,4,10-13H2,1-3H3,(H,26,29). The molecule has 0 saturated carbocycles. The smallest absolute Gasteiger partial charge is 0.255 e. The third kappa shape index (κ3) is 4.95. The predicted octanol–water partition coefficient (Wildman–Crippen LogP) is 2.78. The van der Waals surface area contributed by atoms with E-state index in [-0.39, 0.29) is 35.5 Å². The summed E-state index contributed by atoms with van der Waals surface area (Å²) in [5.74, 6) is 0.317. The number of hydrogen-bond donors (Lipinski definition) is 1. The van der Waals surface area contributed by atoms with E-state index in [4.69, 9.17) is 9.47 Å². The lowest BCUT2D eigenvalue weighted by Crippen LogP contribution is -2.40. The fraction of sp³-hybridized carbons (Fsp3) is 0.360. The lowest BCUT2D eigenvalue weighted by molar-refractivity contribution is 0.0704. The molecule has 1 aliphatic rings. The van der Waals surface area contributed by atoms with Crippen molar-refractivity contribution in [3.63, 3.8) is 0 Å². The number of carbonyl (C=O) groups is 1. The molecule has 0 aliphatic carbocycles. The number of methoxy groups -OCH3 is 1. The van der Waals surface area contributed by atoms with Crippen molar-refractivity contribution in [2.45, 2.75) is 24.8 Å². The van der Waals surface area contributed by atoms with Crippen molar-refractivity contribution >= 4 is 26.8 Å². The van der Waals surface area contributed by atoms with Crippen LogP contribution in [0.15, 0.2) is 58.2 Å². The van der Waals surface area contributed by atoms with Crippen LogP contribution >= 0.6 is 0 Å². The van der Waals surface area contributed by atoms with E-state index in [0.29, 0.717) is 36.4 Å². The van der Waals surface area contributed by atoms with Crippen molar-refractivity contribution in [3.05, 3.63) is 70.0 Å². The van der Waals surface area contributed by atoms with Gasteiger partial charge in [0.2, 0.25) is 15.6 Å². The number of sulfonamides is 1. The lowest BCUT2D eigenvalue weighted by atomic mass is 10.0. The number of carbonyl (C=O) groups excluding carboxylic acids is 1. The highest BCUT2D eigenvalue weighted by Crippen LogP contribution is 2.28. The highest BCUT2D eigenvalue weighted by atomic mass is 32.2. The number of pyridine rings is 1. The van der Waals surface area contributed by atoms with Crippen LogP contribution in [0.1, 0.15) is 35.8 Å². The Bertz CT molecular complexity index is 1400. The van der Waals surface area contributed by atoms with Crippen LogP contribution in [0.4, 0.5) is 0 Å². The largest absolute Gasteiger partial charge is 0.497 e. The van der Waals surface area contributed by atoms with E-state index in [2.05, 4.69) is 4.98 Å². The Morgan fingerprint density at radius 2 is 1.91 bits per heavy atom. The van der Waals surface area contributed by atoms with Crippen molar-refractivity contribution in [3.8, 4) is 5.75 Å². The molecule has 0 bridgehead atoms. The second-order valence-corrected chi connectivity index (χ2v) is 10.3. The second kappa shape index (κ2) is 10.2. The molecule has 0 radical (unpaired) electrons. The number of fused-ring (bicyclic) bond motifs is 1. The number of rotatable bonds is 7. The van der Waals surface area contributed by atoms with Gasteiger partial charge in [0.15, 0.2) is 0 Å². The number of nitrogens with zero attached hydrogens (tertiary/aromatic N) is 2. The average Bonchev–Trinajstić information content (AvgIpc) is 2.88. The summed E-state index contributed by atoms with van der Waals surface area (Å²) in [6, 6.07) is 12.8. The van der Waals surface area contributed by atoms with Crippen LogP contribution in [0.3, 0.4) is 0 Å². The number of hydrogen-bond acceptors (Lipinski definition) is 6. The van der Waals surface area contributed by atoms with Gasteiger partial charge in [-0.05, 0) is 49.7 Å². The maximum Gasteiger partial charge on any atom is 0.255 e. The topological polar surface area (TPSA) is 109 Å². The van der Waals surface area contributed by atoms with Crippen molar-refractivity contribution in [2.24, 2.45) is 0 Å². The van der Waals surface area contributed by atoms with Gasteiger partial charge >= 0.3 is 0 Å². The molecule has 1 atom stereocenters. The summed E-state index contributed by atoms with van der Waals surface area (Å²) in [7, 11) is -2.20. The molecule has 1 aromatic heterocycles. The first-order valence-electron chi connectivity index (χ1n) is 11.5. The predicted molar refractivity (Wildman–Crippen MR) is 132 cm³/mol. The van der Waals surface area contributed by atoms with Gasteiger partial charge in [0.1, 0.15) is 5.75 Å². The quantitative estimate of drug-likeness (QED) is 0.536. The molecule has 0 spiro atoms. The lowest BCUT2D eigenvalue weighted by Gasteiger charge is -2.29. The zero-order chi connectivity index (χ0) is 25.2. The summed E-state index contributed by atoms with van der Waals surface area (Å²) in [4.78, 5) is 30.5. The van der Waals surface area contributed by atoms with Crippen LogP contribution < -0.4 is 10.3 Å². The Kier molecular flexibility index (Phi) is 7.25. The zero-order valence-corrected chi connectivity index (χ0v) is 20.8. The van der Waals surface area contributed by atoms with Crippen LogP contribution in [0.2, 0.25) is 0 Å². The first-order valence-corrected chi connectivity index (χ1v) is 12.9. The average molecular weight is 500 g/mol. The molecule has 1 N–H and O–H groups in total. The Morgan fingerprint density at radius 1 is 1.17 bits per heavy atom. The monoisotopic (exact) mass is 499 g/mol. The Hall–Kier alpha value is -3.21. The molecule has 1 aliphatic heterocycles. The van der Waals surface area contributed by atoms with Crippen LogP contribution in [0, 0.1) is 0 Å². The molecule has 9 nitrogen and oxygen atoms in total. The zero-order valence-electron chi connectivity index (χ0n) is 20.0. The Labute approximate surface area is 204 Å². The van der Waals surface area contributed by atoms with Gasteiger partial charge in [0.25, 0.3) is 5.91 Å². The molecule has 186 valence electrons. The molecule has 4 rings (SSSR count). The second-order valence-electron chi connectivity index (χ2n) is 8.31. The van der Waals surface area contributed by atoms with E-state index in [1.807, 2.05) is 38.1 Å². The first-order chi connectivity index (χ1) is 16.8. The fourth-order valence-corrected chi connectivity index (χ4v) is 5.77. The summed E-state index contributed by atoms with van der Waals surface area (Å²) >= 11 is 0. The molecular weight excluding hydrogens is 470 g/mol. The van der Waals surface area contributed by atoms with E-state index in [0.717, 1.165) is 5.56 Å². The number of nitrogens with one attached hydrogen (secondary N) is 1. The molecular formula is C25H29N3O6S. The molecule has 1 unspecified atom stereocenters. The molecule has 1 amide bonds. The van der Waals surface area contributed by atoms with Crippen molar-refractivity contribution < 1.29 is 22.7 Å². The van der Waals surface area contributed by atoms with E-state index in [1.54, 1.807) is 12.0 Å². The highest BCUT2D eigenvalue weighted by Gasteiger charge is 2.28. The first kappa shape index (κ1) is 24.9. The Balaban J connectivity index is 1.77. The van der Waals surface area contributed by atoms with Gasteiger partial charge in [0.05, 0.1) is 36.8 Å². The number of benzene rings is 2. The SMILES string of the molecule is CCN(C(=O)c1cc(=O)[nH]c2ccc(S(=O)(=O)N3CCOCC3)cc12)C(C)c1cccc(OC)c1. The number of aromatic nitrogens is 1. The molecule has 2 heterocycles. The minimum Gasteiger partial charge on any atom is -0.497 e. The minimum absolute atomic E-state index is 0.0666. The maximum atomic E-state index is 13.7. The maximum absolute atomic E-state index is 13.7. The normalized spacial score (nSPS) is 15.6. The van der Waals surface area contributed by atoms with Crippen LogP contribution in [-0.4, -0.2) is 68.5 Å². The number of aromatic amines is 1. The van der Waals surface area contributed by atoms with E-state index in [9.17, 15) is 18.0 Å². The van der Waals surface area contributed by atoms with Crippen LogP contribution in [-0.2, 0) is 14.8 Å². The summed E-state index contributed by atoms with van der Waals surface area (Å²) in [6.45, 7) is 5.34. The molecule has 35 heavy (non-hydrogen) atoms. The van der Waals surface area contributed by atoms with Crippen molar-refractivity contribution in [1.82, 2.24) is 14.2 Å². The fourth-order valence-electron chi connectivity index (χ4n) is 4.34. The highest BCUT2D eigenvalue weighted by molar-refractivity contribution is 7.89. The molecule has 1 fully saturated rings. The van der Waals surface area contributed by atoms with E-state index >= 15 is 0 Å². The summed E-state index contributed by atoms with van der Waals surface area (Å²) < 4.78 is 38.4. The van der Waals surface area contributed by atoms with Gasteiger partial charge in [-0.1, -0.05) is 12.1 Å². The summed E-state index contributed by atoms with van der Waals surface area (Å²) in [6.07, 6.45) is 0. The number of ether oxygens (including phenoxy) is 2. The van der Waals surface area contributed by atoms with Gasteiger partial charge in [-0.15, -0.1) is 0 Å². The van der Waals surface area contributed by atoms with Crippen molar-refractivity contribution in [1.29, 1.82) is 0 Å². The summed E-state index contributed by atoms with van der Waals surface area (Å²) in [5, 5.41) is 0.375. The van der Waals surface area contributed by atoms with E-state index < -0.39 is 15.6 Å². The molecule has 2 aromatic carbocycles. The third-order valence-electron chi connectivity index (χ3n) is 6.30. The summed E-state index contributed by atoms with van der Waals surface area (Å²) in [5.41, 5.74) is 0.991. The van der Waals surface area contributed by atoms with Gasteiger partial charge in [-0.25, -0.2) is 8.42 Å². The minimum atomic E-state index is -3.78. The number of H-pyrrole nitrogens is 1. The Morgan fingerprint density at radius 3 is 2.60 bits per heavy atom. The van der Waals surface area contributed by atoms with E-state index in [1.165, 1.54) is 28.6 Å². The number of morpholine rings is 1. The molecule has 10 heteroatoms. The number of amides is 1. The van der Waals surface area contributed by atoms with Gasteiger partial charge in [0, 0.05) is 36.6 Å². The van der Waals surface area contributed by atoms with Gasteiger partial charge in [-0.2, -0.15) is 4.31 Å². The van der Waals surface area contributed by atoms with Crippen molar-refractivity contribution in [2.75, 3.05) is 40.0 Å². The molecule has 3 aromatic rings. The van der Waals surface area contributed by atoms with Crippen LogP contribution in [0.5, 0.6) is 5.75 Å². The third-order valence-corrected chi connectivity index (χ3v) is 8.19. The van der Waals surface area contributed by atoms with Gasteiger partial charge < -0.3 is 19.4 Å².